The molecule has 66 valence electrons. The van der Waals surface area contributed by atoms with Gasteiger partial charge in [0.05, 0.1) is 5.76 Å². The van der Waals surface area contributed by atoms with E-state index in [1.807, 2.05) is 19.1 Å². The molecular formula is C12H12O. The van der Waals surface area contributed by atoms with Crippen molar-refractivity contribution < 1.29 is 4.74 Å². The fourth-order valence-corrected chi connectivity index (χ4v) is 1.54. The number of rotatable bonds is 2. The van der Waals surface area contributed by atoms with Crippen molar-refractivity contribution in [2.24, 2.45) is 0 Å². The van der Waals surface area contributed by atoms with Gasteiger partial charge in [-0.1, -0.05) is 30.9 Å². The average Bonchev–Trinajstić information content (AvgIpc) is 2.51. The summed E-state index contributed by atoms with van der Waals surface area (Å²) in [6, 6.07) is 6.12. The molecule has 13 heavy (non-hydrogen) atoms. The molecule has 1 aromatic rings. The molecule has 0 aliphatic heterocycles. The highest BCUT2D eigenvalue weighted by Crippen LogP contribution is 2.29. The maximum Gasteiger partial charge on any atom is 0.134 e. The van der Waals surface area contributed by atoms with Crippen LogP contribution in [0.2, 0.25) is 0 Å². The predicted molar refractivity (Wildman–Crippen MR) is 54.6 cm³/mol. The lowest BCUT2D eigenvalue weighted by atomic mass is 10.1. The minimum absolute atomic E-state index is 0.730. The zero-order valence-corrected chi connectivity index (χ0v) is 7.71. The lowest BCUT2D eigenvalue weighted by Crippen LogP contribution is -1.92. The fourth-order valence-electron chi connectivity index (χ4n) is 1.54. The van der Waals surface area contributed by atoms with Gasteiger partial charge < -0.3 is 4.74 Å². The summed E-state index contributed by atoms with van der Waals surface area (Å²) in [4.78, 5) is 0. The van der Waals surface area contributed by atoms with E-state index in [1.54, 1.807) is 0 Å². The van der Waals surface area contributed by atoms with Gasteiger partial charge in [0, 0.05) is 5.56 Å². The Morgan fingerprint density at radius 3 is 3.08 bits per heavy atom. The Morgan fingerprint density at radius 1 is 1.46 bits per heavy atom. The molecule has 1 heteroatoms. The van der Waals surface area contributed by atoms with Crippen molar-refractivity contribution >= 4 is 6.08 Å². The van der Waals surface area contributed by atoms with Gasteiger partial charge in [0.2, 0.25) is 0 Å². The van der Waals surface area contributed by atoms with Crippen LogP contribution in [0.1, 0.15) is 18.1 Å². The average molecular weight is 172 g/mol. The standard InChI is InChI=1S/C12H12O/c1-9(2)13-12-8-4-6-10-5-3-7-11(10)12/h3-4,6-8H,1,5H2,2H3. The summed E-state index contributed by atoms with van der Waals surface area (Å²) in [7, 11) is 0. The smallest absolute Gasteiger partial charge is 0.134 e. The summed E-state index contributed by atoms with van der Waals surface area (Å²) < 4.78 is 5.51. The van der Waals surface area contributed by atoms with Crippen LogP contribution in [0.5, 0.6) is 5.75 Å². The molecule has 1 aliphatic carbocycles. The van der Waals surface area contributed by atoms with Crippen LogP contribution in [0.25, 0.3) is 6.08 Å². The fraction of sp³-hybridized carbons (Fsp3) is 0.167. The van der Waals surface area contributed by atoms with Gasteiger partial charge >= 0.3 is 0 Å². The first kappa shape index (κ1) is 8.11. The molecule has 0 amide bonds. The highest BCUT2D eigenvalue weighted by molar-refractivity contribution is 5.66. The summed E-state index contributed by atoms with van der Waals surface area (Å²) in [5.74, 6) is 1.65. The van der Waals surface area contributed by atoms with Gasteiger partial charge in [-0.3, -0.25) is 0 Å². The maximum atomic E-state index is 5.51. The van der Waals surface area contributed by atoms with Crippen molar-refractivity contribution in [3.05, 3.63) is 47.7 Å². The number of ether oxygens (including phenoxy) is 1. The summed E-state index contributed by atoms with van der Waals surface area (Å²) in [6.45, 7) is 5.59. The molecule has 0 unspecified atom stereocenters. The molecule has 2 rings (SSSR count). The van der Waals surface area contributed by atoms with Crippen LogP contribution in [-0.4, -0.2) is 0 Å². The lowest BCUT2D eigenvalue weighted by Gasteiger charge is -2.08. The molecule has 0 saturated heterocycles. The molecule has 0 heterocycles. The van der Waals surface area contributed by atoms with Gasteiger partial charge in [0.25, 0.3) is 0 Å². The van der Waals surface area contributed by atoms with Crippen molar-refractivity contribution in [1.82, 2.24) is 0 Å². The molecule has 0 aromatic heterocycles. The third-order valence-corrected chi connectivity index (χ3v) is 2.06. The van der Waals surface area contributed by atoms with Crippen molar-refractivity contribution in [2.75, 3.05) is 0 Å². The zero-order chi connectivity index (χ0) is 9.26. The third kappa shape index (κ3) is 1.50. The van der Waals surface area contributed by atoms with E-state index >= 15 is 0 Å². The Morgan fingerprint density at radius 2 is 2.31 bits per heavy atom. The summed E-state index contributed by atoms with van der Waals surface area (Å²) in [5, 5.41) is 0. The van der Waals surface area contributed by atoms with Crippen molar-refractivity contribution in [2.45, 2.75) is 13.3 Å². The van der Waals surface area contributed by atoms with E-state index in [2.05, 4.69) is 24.8 Å². The Bertz CT molecular complexity index is 375. The first-order valence-electron chi connectivity index (χ1n) is 4.39. The molecule has 0 spiro atoms. The second-order valence-corrected chi connectivity index (χ2v) is 3.24. The van der Waals surface area contributed by atoms with E-state index in [4.69, 9.17) is 4.74 Å². The van der Waals surface area contributed by atoms with E-state index in [1.165, 1.54) is 11.1 Å². The van der Waals surface area contributed by atoms with E-state index < -0.39 is 0 Å². The quantitative estimate of drug-likeness (QED) is 0.622. The van der Waals surface area contributed by atoms with Gasteiger partial charge in [0.15, 0.2) is 0 Å². The monoisotopic (exact) mass is 172 g/mol. The summed E-state index contributed by atoms with van der Waals surface area (Å²) >= 11 is 0. The van der Waals surface area contributed by atoms with Crippen molar-refractivity contribution in [3.8, 4) is 5.75 Å². The predicted octanol–water partition coefficient (Wildman–Crippen LogP) is 3.17. The molecule has 0 fully saturated rings. The molecule has 0 atom stereocenters. The van der Waals surface area contributed by atoms with E-state index in [9.17, 15) is 0 Å². The first-order chi connectivity index (χ1) is 6.27. The van der Waals surface area contributed by atoms with Crippen LogP contribution in [0.4, 0.5) is 0 Å². The zero-order valence-electron chi connectivity index (χ0n) is 7.71. The maximum absolute atomic E-state index is 5.51. The lowest BCUT2D eigenvalue weighted by molar-refractivity contribution is 0.429. The molecule has 0 saturated carbocycles. The minimum atomic E-state index is 0.730. The topological polar surface area (TPSA) is 9.23 Å². The number of allylic oxidation sites excluding steroid dienone is 2. The number of benzene rings is 1. The highest BCUT2D eigenvalue weighted by atomic mass is 16.5. The third-order valence-electron chi connectivity index (χ3n) is 2.06. The van der Waals surface area contributed by atoms with Crippen LogP contribution in [0.15, 0.2) is 36.6 Å². The Kier molecular flexibility index (Phi) is 1.93. The van der Waals surface area contributed by atoms with Gasteiger partial charge in [-0.2, -0.15) is 0 Å². The molecule has 0 bridgehead atoms. The Balaban J connectivity index is 2.41. The highest BCUT2D eigenvalue weighted by Gasteiger charge is 2.09. The Hall–Kier alpha value is -1.50. The van der Waals surface area contributed by atoms with E-state index in [-0.39, 0.29) is 0 Å². The number of fused-ring (bicyclic) bond motifs is 1. The molecule has 0 radical (unpaired) electrons. The van der Waals surface area contributed by atoms with Gasteiger partial charge in [-0.25, -0.2) is 0 Å². The Labute approximate surface area is 78.3 Å². The molecular weight excluding hydrogens is 160 g/mol. The SMILES string of the molecule is C=C(C)Oc1cccc2c1C=CC2. The van der Waals surface area contributed by atoms with Crippen LogP contribution in [0.3, 0.4) is 0 Å². The minimum Gasteiger partial charge on any atom is -0.462 e. The van der Waals surface area contributed by atoms with Gasteiger partial charge in [-0.15, -0.1) is 0 Å². The molecule has 1 nitrogen and oxygen atoms in total. The van der Waals surface area contributed by atoms with E-state index in [0.717, 1.165) is 17.9 Å². The summed E-state index contributed by atoms with van der Waals surface area (Å²) in [6.07, 6.45) is 5.27. The largest absolute Gasteiger partial charge is 0.462 e. The number of hydrogen-bond donors (Lipinski definition) is 0. The van der Waals surface area contributed by atoms with Crippen molar-refractivity contribution in [1.29, 1.82) is 0 Å². The second kappa shape index (κ2) is 3.09. The molecule has 1 aliphatic rings. The van der Waals surface area contributed by atoms with Gasteiger partial charge in [-0.05, 0) is 25.0 Å². The normalized spacial score (nSPS) is 12.7. The number of hydrogen-bond acceptors (Lipinski definition) is 1. The second-order valence-electron chi connectivity index (χ2n) is 3.24. The van der Waals surface area contributed by atoms with Crippen LogP contribution < -0.4 is 4.74 Å². The van der Waals surface area contributed by atoms with Crippen LogP contribution >= 0.6 is 0 Å². The molecule has 1 aromatic carbocycles. The molecule has 0 N–H and O–H groups in total. The van der Waals surface area contributed by atoms with E-state index in [0.29, 0.717) is 0 Å². The van der Waals surface area contributed by atoms with Crippen molar-refractivity contribution in [3.63, 3.8) is 0 Å². The van der Waals surface area contributed by atoms with Crippen LogP contribution in [0, 0.1) is 0 Å². The van der Waals surface area contributed by atoms with Crippen LogP contribution in [-0.2, 0) is 6.42 Å². The summed E-state index contributed by atoms with van der Waals surface area (Å²) in [5.41, 5.74) is 2.53. The van der Waals surface area contributed by atoms with Gasteiger partial charge in [0.1, 0.15) is 5.75 Å². The first-order valence-corrected chi connectivity index (χ1v) is 4.39.